The van der Waals surface area contributed by atoms with Gasteiger partial charge in [0.05, 0.1) is 25.6 Å². The van der Waals surface area contributed by atoms with Crippen LogP contribution in [0.4, 0.5) is 5.69 Å². The summed E-state index contributed by atoms with van der Waals surface area (Å²) in [5, 5.41) is 15.2. The van der Waals surface area contributed by atoms with Crippen molar-refractivity contribution in [2.75, 3.05) is 12.4 Å². The highest BCUT2D eigenvalue weighted by molar-refractivity contribution is 6.31. The van der Waals surface area contributed by atoms with E-state index >= 15 is 0 Å². The van der Waals surface area contributed by atoms with Crippen molar-refractivity contribution in [3.63, 3.8) is 0 Å². The summed E-state index contributed by atoms with van der Waals surface area (Å²) in [5.41, 5.74) is 1.37. The number of halogens is 1. The van der Waals surface area contributed by atoms with Gasteiger partial charge in [0.1, 0.15) is 23.2 Å². The molecule has 24 heavy (non-hydrogen) atoms. The summed E-state index contributed by atoms with van der Waals surface area (Å²) < 4.78 is 10.4. The number of furan rings is 1. The van der Waals surface area contributed by atoms with Gasteiger partial charge in [-0.3, -0.25) is 4.79 Å². The largest absolute Gasteiger partial charge is 0.495 e. The van der Waals surface area contributed by atoms with Gasteiger partial charge in [-0.1, -0.05) is 11.6 Å². The lowest BCUT2D eigenvalue weighted by atomic mass is 10.2. The van der Waals surface area contributed by atoms with E-state index in [2.05, 4.69) is 10.6 Å². The van der Waals surface area contributed by atoms with Crippen LogP contribution in [0.1, 0.15) is 11.3 Å². The predicted octanol–water partition coefficient (Wildman–Crippen LogP) is 3.39. The van der Waals surface area contributed by atoms with Gasteiger partial charge in [-0.05, 0) is 30.7 Å². The molecule has 0 saturated heterocycles. The number of benzene rings is 1. The minimum Gasteiger partial charge on any atom is -0.495 e. The van der Waals surface area contributed by atoms with Gasteiger partial charge in [0.2, 0.25) is 0 Å². The number of carbonyl (C=O) groups is 1. The molecule has 0 aliphatic rings. The second-order valence-corrected chi connectivity index (χ2v) is 5.29. The van der Waals surface area contributed by atoms with E-state index in [1.165, 1.54) is 19.6 Å². The van der Waals surface area contributed by atoms with Gasteiger partial charge in [-0.2, -0.15) is 5.26 Å². The van der Waals surface area contributed by atoms with E-state index in [0.717, 1.165) is 5.56 Å². The molecule has 2 aromatic rings. The van der Waals surface area contributed by atoms with Gasteiger partial charge in [-0.25, -0.2) is 0 Å². The predicted molar refractivity (Wildman–Crippen MR) is 90.6 cm³/mol. The van der Waals surface area contributed by atoms with Crippen LogP contribution in [0.2, 0.25) is 5.02 Å². The van der Waals surface area contributed by atoms with E-state index < -0.39 is 5.91 Å². The number of aryl methyl sites for hydroxylation is 1. The highest BCUT2D eigenvalue weighted by Crippen LogP contribution is 2.31. The molecule has 2 N–H and O–H groups in total. The smallest absolute Gasteiger partial charge is 0.263 e. The van der Waals surface area contributed by atoms with E-state index in [1.807, 2.05) is 13.0 Å². The third kappa shape index (κ3) is 4.31. The molecule has 1 aromatic heterocycles. The van der Waals surface area contributed by atoms with Crippen molar-refractivity contribution in [3.8, 4) is 11.8 Å². The van der Waals surface area contributed by atoms with E-state index in [1.54, 1.807) is 24.3 Å². The summed E-state index contributed by atoms with van der Waals surface area (Å²) in [5.74, 6) is 0.602. The second kappa shape index (κ2) is 8.09. The van der Waals surface area contributed by atoms with E-state index in [9.17, 15) is 4.79 Å². The summed E-state index contributed by atoms with van der Waals surface area (Å²) in [4.78, 5) is 12.0. The maximum absolute atomic E-state index is 12.0. The molecule has 6 nitrogen and oxygen atoms in total. The van der Waals surface area contributed by atoms with Crippen molar-refractivity contribution >= 4 is 23.2 Å². The van der Waals surface area contributed by atoms with E-state index in [-0.39, 0.29) is 12.1 Å². The Bertz CT molecular complexity index is 792. The third-order valence-corrected chi connectivity index (χ3v) is 3.63. The summed E-state index contributed by atoms with van der Waals surface area (Å²) in [6, 6.07) is 8.74. The van der Waals surface area contributed by atoms with Crippen LogP contribution in [0.3, 0.4) is 0 Å². The van der Waals surface area contributed by atoms with Crippen LogP contribution in [0.5, 0.6) is 5.75 Å². The molecule has 0 unspecified atom stereocenters. The second-order valence-electron chi connectivity index (χ2n) is 4.88. The molecule has 0 radical (unpaired) electrons. The number of nitrogens with one attached hydrogen (secondary N) is 2. The van der Waals surface area contributed by atoms with Crippen LogP contribution < -0.4 is 15.4 Å². The number of carbonyl (C=O) groups excluding carboxylic acids is 1. The number of nitriles is 1. The van der Waals surface area contributed by atoms with Crippen LogP contribution in [0.25, 0.3) is 0 Å². The molecule has 7 heteroatoms. The number of methoxy groups -OCH3 is 1. The Hall–Kier alpha value is -2.91. The first-order valence-corrected chi connectivity index (χ1v) is 7.44. The van der Waals surface area contributed by atoms with Gasteiger partial charge in [-0.15, -0.1) is 0 Å². The highest BCUT2D eigenvalue weighted by Gasteiger charge is 2.11. The molecule has 0 spiro atoms. The van der Waals surface area contributed by atoms with Crippen molar-refractivity contribution in [1.82, 2.24) is 5.32 Å². The fraction of sp³-hybridized carbons (Fsp3) is 0.176. The molecule has 0 fully saturated rings. The Morgan fingerprint density at radius 2 is 2.29 bits per heavy atom. The van der Waals surface area contributed by atoms with Gasteiger partial charge < -0.3 is 19.8 Å². The lowest BCUT2D eigenvalue weighted by molar-refractivity contribution is -0.117. The molecule has 1 heterocycles. The molecule has 1 aromatic carbocycles. The Kier molecular flexibility index (Phi) is 5.88. The van der Waals surface area contributed by atoms with E-state index in [0.29, 0.717) is 22.2 Å². The highest BCUT2D eigenvalue weighted by atomic mass is 35.5. The van der Waals surface area contributed by atoms with Gasteiger partial charge in [0, 0.05) is 17.3 Å². The molecule has 0 aliphatic heterocycles. The minimum absolute atomic E-state index is 0.0730. The summed E-state index contributed by atoms with van der Waals surface area (Å²) in [6.07, 6.45) is 2.84. The number of rotatable bonds is 6. The van der Waals surface area contributed by atoms with Crippen molar-refractivity contribution in [3.05, 3.63) is 58.6 Å². The average molecular weight is 346 g/mol. The zero-order valence-electron chi connectivity index (χ0n) is 13.2. The topological polar surface area (TPSA) is 87.3 Å². The van der Waals surface area contributed by atoms with Gasteiger partial charge in [0.25, 0.3) is 5.91 Å². The first-order valence-electron chi connectivity index (χ1n) is 7.06. The van der Waals surface area contributed by atoms with Crippen molar-refractivity contribution in [2.24, 2.45) is 0 Å². The van der Waals surface area contributed by atoms with Gasteiger partial charge >= 0.3 is 0 Å². The summed E-state index contributed by atoms with van der Waals surface area (Å²) in [6.45, 7) is 2.05. The Morgan fingerprint density at radius 1 is 1.50 bits per heavy atom. The number of nitrogens with zero attached hydrogens (tertiary/aromatic N) is 1. The molecule has 0 bridgehead atoms. The van der Waals surface area contributed by atoms with E-state index in [4.69, 9.17) is 26.0 Å². The third-order valence-electron chi connectivity index (χ3n) is 3.22. The Balaban J connectivity index is 2.09. The van der Waals surface area contributed by atoms with Crippen LogP contribution >= 0.6 is 11.6 Å². The fourth-order valence-electron chi connectivity index (χ4n) is 1.92. The number of hydrogen-bond acceptors (Lipinski definition) is 5. The fourth-order valence-corrected chi connectivity index (χ4v) is 2.07. The monoisotopic (exact) mass is 345 g/mol. The lowest BCUT2D eigenvalue weighted by Crippen LogP contribution is -2.24. The zero-order chi connectivity index (χ0) is 17.5. The molecule has 1 amide bonds. The number of anilines is 1. The Morgan fingerprint density at radius 3 is 2.92 bits per heavy atom. The molecule has 0 saturated carbocycles. The first kappa shape index (κ1) is 17.4. The zero-order valence-corrected chi connectivity index (χ0v) is 14.0. The molecule has 0 atom stereocenters. The maximum atomic E-state index is 12.0. The standard InChI is InChI=1S/C17H16ClN3O3/c1-11-6-15(16(23-2)7-14(11)18)20-9-12(8-19)17(22)21-10-13-4-3-5-24-13/h3-7,9,20H,10H2,1-2H3,(H,21,22)/b12-9-. The first-order chi connectivity index (χ1) is 11.5. The average Bonchev–Trinajstić information content (AvgIpc) is 3.09. The van der Waals surface area contributed by atoms with Crippen LogP contribution in [-0.4, -0.2) is 13.0 Å². The van der Waals surface area contributed by atoms with Gasteiger partial charge in [0.15, 0.2) is 0 Å². The summed E-state index contributed by atoms with van der Waals surface area (Å²) in [7, 11) is 1.51. The van der Waals surface area contributed by atoms with Crippen molar-refractivity contribution in [2.45, 2.75) is 13.5 Å². The molecular formula is C17H16ClN3O3. The summed E-state index contributed by atoms with van der Waals surface area (Å²) >= 11 is 6.05. The van der Waals surface area contributed by atoms with Crippen LogP contribution in [0, 0.1) is 18.3 Å². The normalized spacial score (nSPS) is 10.8. The quantitative estimate of drug-likeness (QED) is 0.619. The minimum atomic E-state index is -0.508. The maximum Gasteiger partial charge on any atom is 0.263 e. The lowest BCUT2D eigenvalue weighted by Gasteiger charge is -2.11. The van der Waals surface area contributed by atoms with Crippen molar-refractivity contribution < 1.29 is 13.9 Å². The Labute approximate surface area is 144 Å². The molecular weight excluding hydrogens is 330 g/mol. The number of ether oxygens (including phenoxy) is 1. The SMILES string of the molecule is COc1cc(Cl)c(C)cc1N/C=C(/C#N)C(=O)NCc1ccco1. The number of amides is 1. The molecule has 124 valence electrons. The molecule has 0 aliphatic carbocycles. The van der Waals surface area contributed by atoms with Crippen LogP contribution in [0.15, 0.2) is 46.7 Å². The van der Waals surface area contributed by atoms with Crippen LogP contribution in [-0.2, 0) is 11.3 Å². The number of hydrogen-bond donors (Lipinski definition) is 2. The molecule has 2 rings (SSSR count). The van der Waals surface area contributed by atoms with Crippen molar-refractivity contribution in [1.29, 1.82) is 5.26 Å².